The Bertz CT molecular complexity index is 826. The van der Waals surface area contributed by atoms with Crippen LogP contribution in [-0.4, -0.2) is 43.6 Å². The third-order valence-corrected chi connectivity index (χ3v) is 5.40. The Morgan fingerprint density at radius 2 is 2.39 bits per heavy atom. The predicted octanol–water partition coefficient (Wildman–Crippen LogP) is 2.59. The second-order valence-corrected chi connectivity index (χ2v) is 6.93. The van der Waals surface area contributed by atoms with E-state index in [4.69, 9.17) is 4.52 Å². The summed E-state index contributed by atoms with van der Waals surface area (Å²) in [5.41, 5.74) is 1.62. The third-order valence-electron chi connectivity index (χ3n) is 3.90. The molecular formula is C14H13N5O2S2. The van der Waals surface area contributed by atoms with Gasteiger partial charge in [0.2, 0.25) is 0 Å². The Morgan fingerprint density at radius 1 is 1.48 bits per heavy atom. The van der Waals surface area contributed by atoms with Crippen LogP contribution in [0.1, 0.15) is 33.5 Å². The Kier molecular flexibility index (Phi) is 3.66. The predicted molar refractivity (Wildman–Crippen MR) is 85.5 cm³/mol. The van der Waals surface area contributed by atoms with E-state index in [1.165, 1.54) is 0 Å². The first kappa shape index (κ1) is 14.5. The minimum Gasteiger partial charge on any atom is -0.337 e. The van der Waals surface area contributed by atoms with Crippen LogP contribution in [0.15, 0.2) is 21.3 Å². The third kappa shape index (κ3) is 2.66. The molecule has 0 unspecified atom stereocenters. The number of hydrogen-bond donors (Lipinski definition) is 0. The van der Waals surface area contributed by atoms with Crippen molar-refractivity contribution in [2.45, 2.75) is 19.3 Å². The van der Waals surface area contributed by atoms with Crippen molar-refractivity contribution in [1.82, 2.24) is 24.6 Å². The lowest BCUT2D eigenvalue weighted by Gasteiger charge is -2.14. The maximum absolute atomic E-state index is 12.5. The Balaban J connectivity index is 1.48. The van der Waals surface area contributed by atoms with E-state index >= 15 is 0 Å². The fourth-order valence-electron chi connectivity index (χ4n) is 2.63. The first-order valence-electron chi connectivity index (χ1n) is 7.17. The number of likely N-dealkylation sites (tertiary alicyclic amines) is 1. The molecular weight excluding hydrogens is 334 g/mol. The van der Waals surface area contributed by atoms with Crippen molar-refractivity contribution in [2.24, 2.45) is 0 Å². The molecule has 3 aromatic rings. The lowest BCUT2D eigenvalue weighted by Crippen LogP contribution is -2.28. The van der Waals surface area contributed by atoms with E-state index in [9.17, 15) is 4.79 Å². The fourth-order valence-corrected chi connectivity index (χ4v) is 3.89. The molecule has 1 amide bonds. The first-order valence-corrected chi connectivity index (χ1v) is 8.88. The Labute approximate surface area is 140 Å². The van der Waals surface area contributed by atoms with Crippen LogP contribution in [0.5, 0.6) is 0 Å². The molecule has 0 aliphatic carbocycles. The molecule has 1 atom stereocenters. The molecule has 0 saturated carbocycles. The summed E-state index contributed by atoms with van der Waals surface area (Å²) in [7, 11) is 0. The molecule has 9 heteroatoms. The van der Waals surface area contributed by atoms with Gasteiger partial charge in [-0.05, 0) is 36.3 Å². The van der Waals surface area contributed by atoms with E-state index in [1.54, 1.807) is 18.3 Å². The van der Waals surface area contributed by atoms with Gasteiger partial charge in [-0.25, -0.2) is 0 Å². The van der Waals surface area contributed by atoms with Crippen LogP contribution >= 0.6 is 22.9 Å². The van der Waals surface area contributed by atoms with Gasteiger partial charge in [-0.3, -0.25) is 4.79 Å². The quantitative estimate of drug-likeness (QED) is 0.724. The van der Waals surface area contributed by atoms with Crippen LogP contribution in [0, 0.1) is 6.92 Å². The number of thiophene rings is 1. The molecule has 118 valence electrons. The summed E-state index contributed by atoms with van der Waals surface area (Å²) in [4.78, 5) is 19.4. The van der Waals surface area contributed by atoms with Crippen molar-refractivity contribution in [3.8, 4) is 11.5 Å². The van der Waals surface area contributed by atoms with Crippen molar-refractivity contribution >= 4 is 28.8 Å². The van der Waals surface area contributed by atoms with Gasteiger partial charge in [0, 0.05) is 24.4 Å². The zero-order valence-corrected chi connectivity index (χ0v) is 13.9. The first-order chi connectivity index (χ1) is 11.2. The minimum absolute atomic E-state index is 0.0125. The number of carbonyl (C=O) groups is 1. The standard InChI is InChI=1S/C14H13N5O2S2/c1-8-11(23-18-16-8)14(20)19-4-2-9(6-19)12-15-13(21-17-12)10-3-5-22-7-10/h3,5,7,9H,2,4,6H2,1H3/t9-/m0/s1. The van der Waals surface area contributed by atoms with Crippen molar-refractivity contribution in [2.75, 3.05) is 13.1 Å². The minimum atomic E-state index is -0.0125. The van der Waals surface area contributed by atoms with Crippen LogP contribution in [0.3, 0.4) is 0 Å². The molecule has 0 aromatic carbocycles. The highest BCUT2D eigenvalue weighted by Crippen LogP contribution is 2.29. The lowest BCUT2D eigenvalue weighted by molar-refractivity contribution is 0.0794. The van der Waals surface area contributed by atoms with Gasteiger partial charge in [0.05, 0.1) is 11.3 Å². The number of rotatable bonds is 3. The molecule has 4 heterocycles. The summed E-state index contributed by atoms with van der Waals surface area (Å²) in [5, 5.41) is 11.9. The molecule has 0 radical (unpaired) electrons. The Morgan fingerprint density at radius 3 is 3.13 bits per heavy atom. The molecule has 1 saturated heterocycles. The summed E-state index contributed by atoms with van der Waals surface area (Å²) in [6, 6.07) is 1.95. The van der Waals surface area contributed by atoms with E-state index in [-0.39, 0.29) is 11.8 Å². The fraction of sp³-hybridized carbons (Fsp3) is 0.357. The molecule has 23 heavy (non-hydrogen) atoms. The van der Waals surface area contributed by atoms with Gasteiger partial charge in [-0.15, -0.1) is 5.10 Å². The van der Waals surface area contributed by atoms with Gasteiger partial charge in [0.1, 0.15) is 4.88 Å². The lowest BCUT2D eigenvalue weighted by atomic mass is 10.1. The molecule has 4 rings (SSSR count). The molecule has 1 fully saturated rings. The summed E-state index contributed by atoms with van der Waals surface area (Å²) >= 11 is 2.73. The summed E-state index contributed by atoms with van der Waals surface area (Å²) < 4.78 is 9.16. The van der Waals surface area contributed by atoms with Crippen LogP contribution in [0.25, 0.3) is 11.5 Å². The van der Waals surface area contributed by atoms with Crippen LogP contribution in [0.4, 0.5) is 0 Å². The highest BCUT2D eigenvalue weighted by molar-refractivity contribution is 7.08. The summed E-state index contributed by atoms with van der Waals surface area (Å²) in [5.74, 6) is 1.30. The van der Waals surface area contributed by atoms with Crippen molar-refractivity contribution < 1.29 is 9.32 Å². The Hall–Kier alpha value is -2.13. The van der Waals surface area contributed by atoms with E-state index in [0.29, 0.717) is 35.4 Å². The number of hydrogen-bond acceptors (Lipinski definition) is 8. The smallest absolute Gasteiger partial charge is 0.267 e. The highest BCUT2D eigenvalue weighted by Gasteiger charge is 2.32. The van der Waals surface area contributed by atoms with Gasteiger partial charge < -0.3 is 9.42 Å². The van der Waals surface area contributed by atoms with Crippen molar-refractivity contribution in [3.05, 3.63) is 33.2 Å². The molecule has 7 nitrogen and oxygen atoms in total. The van der Waals surface area contributed by atoms with Crippen molar-refractivity contribution in [3.63, 3.8) is 0 Å². The zero-order chi connectivity index (χ0) is 15.8. The maximum Gasteiger partial charge on any atom is 0.267 e. The number of carbonyl (C=O) groups excluding carboxylic acids is 1. The van der Waals surface area contributed by atoms with Crippen LogP contribution < -0.4 is 0 Å². The molecule has 3 aromatic heterocycles. The van der Waals surface area contributed by atoms with Gasteiger partial charge in [0.25, 0.3) is 11.8 Å². The molecule has 1 aliphatic rings. The summed E-state index contributed by atoms with van der Waals surface area (Å²) in [6.45, 7) is 3.08. The van der Waals surface area contributed by atoms with Crippen LogP contribution in [-0.2, 0) is 0 Å². The average Bonchev–Trinajstić information content (AvgIpc) is 3.31. The normalized spacial score (nSPS) is 17.8. The van der Waals surface area contributed by atoms with Crippen molar-refractivity contribution in [1.29, 1.82) is 0 Å². The van der Waals surface area contributed by atoms with E-state index in [1.807, 2.05) is 21.7 Å². The van der Waals surface area contributed by atoms with Gasteiger partial charge in [0.15, 0.2) is 5.82 Å². The molecule has 0 bridgehead atoms. The second-order valence-electron chi connectivity index (χ2n) is 5.39. The van der Waals surface area contributed by atoms with E-state index < -0.39 is 0 Å². The average molecular weight is 347 g/mol. The van der Waals surface area contributed by atoms with E-state index in [0.717, 1.165) is 23.5 Å². The van der Waals surface area contributed by atoms with Crippen LogP contribution in [0.2, 0.25) is 0 Å². The summed E-state index contributed by atoms with van der Waals surface area (Å²) in [6.07, 6.45) is 0.833. The molecule has 0 N–H and O–H groups in total. The topological polar surface area (TPSA) is 85.0 Å². The zero-order valence-electron chi connectivity index (χ0n) is 12.3. The SMILES string of the molecule is Cc1nnsc1C(=O)N1CC[C@H](c2noc(-c3ccsc3)n2)C1. The second kappa shape index (κ2) is 5.82. The van der Waals surface area contributed by atoms with E-state index in [2.05, 4.69) is 19.7 Å². The molecule has 1 aliphatic heterocycles. The van der Waals surface area contributed by atoms with Gasteiger partial charge >= 0.3 is 0 Å². The largest absolute Gasteiger partial charge is 0.337 e. The number of aryl methyl sites for hydroxylation is 1. The molecule has 0 spiro atoms. The maximum atomic E-state index is 12.5. The number of aromatic nitrogens is 4. The van der Waals surface area contributed by atoms with Gasteiger partial charge in [-0.1, -0.05) is 9.64 Å². The highest BCUT2D eigenvalue weighted by atomic mass is 32.1. The monoisotopic (exact) mass is 347 g/mol. The van der Waals surface area contributed by atoms with Gasteiger partial charge in [-0.2, -0.15) is 16.3 Å². The number of amides is 1. The number of nitrogens with zero attached hydrogens (tertiary/aromatic N) is 5.